The molecule has 0 saturated heterocycles. The number of aryl methyl sites for hydroxylation is 2. The molecule has 2 aromatic carbocycles. The molecule has 0 aliphatic rings. The highest BCUT2D eigenvalue weighted by Gasteiger charge is 2.05. The van der Waals surface area contributed by atoms with Gasteiger partial charge in [0.05, 0.1) is 0 Å². The summed E-state index contributed by atoms with van der Waals surface area (Å²) in [5.41, 5.74) is 3.62. The van der Waals surface area contributed by atoms with Crippen LogP contribution in [0.15, 0.2) is 53.3 Å². The molecule has 0 spiro atoms. The molecule has 0 radical (unpaired) electrons. The third-order valence-electron chi connectivity index (χ3n) is 3.22. The monoisotopic (exact) mass is 266 g/mol. The molecular formula is C17H14OS. The zero-order valence-electron chi connectivity index (χ0n) is 10.9. The number of hydrogen-bond acceptors (Lipinski definition) is 2. The van der Waals surface area contributed by atoms with E-state index in [1.54, 1.807) is 17.4 Å². The second kappa shape index (κ2) is 4.63. The van der Waals surface area contributed by atoms with E-state index in [9.17, 15) is 4.79 Å². The maximum Gasteiger partial charge on any atom is 0.188 e. The van der Waals surface area contributed by atoms with Crippen molar-refractivity contribution < 1.29 is 0 Å². The van der Waals surface area contributed by atoms with E-state index in [4.69, 9.17) is 0 Å². The molecule has 3 aromatic rings. The van der Waals surface area contributed by atoms with E-state index in [1.165, 1.54) is 11.1 Å². The summed E-state index contributed by atoms with van der Waals surface area (Å²) in [5, 5.41) is 0.812. The fourth-order valence-corrected chi connectivity index (χ4v) is 3.30. The van der Waals surface area contributed by atoms with Crippen molar-refractivity contribution in [1.82, 2.24) is 0 Å². The maximum atomic E-state index is 12.2. The third-order valence-corrected chi connectivity index (χ3v) is 4.35. The van der Waals surface area contributed by atoms with Gasteiger partial charge in [-0.05, 0) is 37.1 Å². The van der Waals surface area contributed by atoms with Crippen LogP contribution in [0.25, 0.3) is 20.5 Å². The Kier molecular flexibility index (Phi) is 2.96. The molecule has 0 saturated carbocycles. The molecule has 1 nitrogen and oxygen atoms in total. The van der Waals surface area contributed by atoms with Crippen LogP contribution in [0.2, 0.25) is 0 Å². The van der Waals surface area contributed by atoms with E-state index in [-0.39, 0.29) is 5.43 Å². The van der Waals surface area contributed by atoms with Gasteiger partial charge in [-0.1, -0.05) is 35.9 Å². The van der Waals surface area contributed by atoms with Gasteiger partial charge in [-0.3, -0.25) is 4.79 Å². The Labute approximate surface area is 116 Å². The van der Waals surface area contributed by atoms with Crippen molar-refractivity contribution in [3.63, 3.8) is 0 Å². The van der Waals surface area contributed by atoms with Gasteiger partial charge in [0.2, 0.25) is 0 Å². The number of benzene rings is 2. The molecule has 0 fully saturated rings. The summed E-state index contributed by atoms with van der Waals surface area (Å²) in [6.45, 7) is 4.12. The van der Waals surface area contributed by atoms with E-state index in [0.29, 0.717) is 0 Å². The van der Waals surface area contributed by atoms with Gasteiger partial charge in [0.15, 0.2) is 5.43 Å². The normalized spacial score (nSPS) is 10.8. The van der Waals surface area contributed by atoms with Crippen LogP contribution in [0.1, 0.15) is 11.1 Å². The quantitative estimate of drug-likeness (QED) is 0.631. The highest BCUT2D eigenvalue weighted by Crippen LogP contribution is 2.28. The van der Waals surface area contributed by atoms with Crippen LogP contribution in [-0.4, -0.2) is 0 Å². The minimum absolute atomic E-state index is 0.101. The smallest absolute Gasteiger partial charge is 0.188 e. The molecule has 0 aliphatic heterocycles. The fraction of sp³-hybridized carbons (Fsp3) is 0.118. The van der Waals surface area contributed by atoms with Gasteiger partial charge in [-0.2, -0.15) is 0 Å². The third kappa shape index (κ3) is 2.32. The maximum absolute atomic E-state index is 12.2. The van der Waals surface area contributed by atoms with Gasteiger partial charge in [-0.25, -0.2) is 0 Å². The molecule has 2 heteroatoms. The van der Waals surface area contributed by atoms with Gasteiger partial charge >= 0.3 is 0 Å². The first-order valence-electron chi connectivity index (χ1n) is 6.25. The van der Waals surface area contributed by atoms with Crippen molar-refractivity contribution in [3.8, 4) is 10.4 Å². The largest absolute Gasteiger partial charge is 0.289 e. The predicted octanol–water partition coefficient (Wildman–Crippen LogP) is 4.55. The van der Waals surface area contributed by atoms with Crippen LogP contribution >= 0.6 is 11.3 Å². The summed E-state index contributed by atoms with van der Waals surface area (Å²) >= 11 is 1.67. The molecule has 94 valence electrons. The van der Waals surface area contributed by atoms with E-state index in [2.05, 4.69) is 44.2 Å². The summed E-state index contributed by atoms with van der Waals surface area (Å²) in [5.74, 6) is 0. The van der Waals surface area contributed by atoms with Crippen LogP contribution in [0.3, 0.4) is 0 Å². The first-order chi connectivity index (χ1) is 9.13. The molecule has 1 aromatic heterocycles. The van der Waals surface area contributed by atoms with E-state index in [1.807, 2.05) is 12.1 Å². The molecule has 0 atom stereocenters. The molecule has 3 rings (SSSR count). The Hall–Kier alpha value is -1.93. The lowest BCUT2D eigenvalue weighted by Gasteiger charge is -2.04. The van der Waals surface area contributed by atoms with E-state index in [0.717, 1.165) is 20.5 Å². The lowest BCUT2D eigenvalue weighted by Crippen LogP contribution is -1.98. The molecule has 0 bridgehead atoms. The van der Waals surface area contributed by atoms with Crippen LogP contribution in [0, 0.1) is 13.8 Å². The lowest BCUT2D eigenvalue weighted by atomic mass is 10.1. The molecule has 0 unspecified atom stereocenters. The molecule has 0 N–H and O–H groups in total. The fourth-order valence-electron chi connectivity index (χ4n) is 2.12. The Morgan fingerprint density at radius 1 is 0.842 bits per heavy atom. The molecule has 1 heterocycles. The average Bonchev–Trinajstić information content (AvgIpc) is 2.38. The highest BCUT2D eigenvalue weighted by molar-refractivity contribution is 7.21. The van der Waals surface area contributed by atoms with Crippen molar-refractivity contribution in [2.24, 2.45) is 0 Å². The second-order valence-corrected chi connectivity index (χ2v) is 5.92. The molecule has 0 aliphatic carbocycles. The Bertz CT molecular complexity index is 798. The van der Waals surface area contributed by atoms with Crippen molar-refractivity contribution in [1.29, 1.82) is 0 Å². The summed E-state index contributed by atoms with van der Waals surface area (Å²) in [6.07, 6.45) is 0. The standard InChI is InChI=1S/C17H14OS/c1-11-3-6-13(7-4-11)16-10-15(18)14-8-5-12(2)9-17(14)19-16/h3-10H,1-2H3. The van der Waals surface area contributed by atoms with Gasteiger partial charge < -0.3 is 0 Å². The van der Waals surface area contributed by atoms with E-state index >= 15 is 0 Å². The molecular weight excluding hydrogens is 252 g/mol. The predicted molar refractivity (Wildman–Crippen MR) is 83.0 cm³/mol. The van der Waals surface area contributed by atoms with Crippen LogP contribution < -0.4 is 5.43 Å². The van der Waals surface area contributed by atoms with E-state index < -0.39 is 0 Å². The number of rotatable bonds is 1. The van der Waals surface area contributed by atoms with Crippen LogP contribution in [0.4, 0.5) is 0 Å². The molecule has 19 heavy (non-hydrogen) atoms. The summed E-state index contributed by atoms with van der Waals surface area (Å²) in [7, 11) is 0. The van der Waals surface area contributed by atoms with Gasteiger partial charge in [0, 0.05) is 21.0 Å². The highest BCUT2D eigenvalue weighted by atomic mass is 32.1. The van der Waals surface area contributed by atoms with Crippen molar-refractivity contribution in [3.05, 3.63) is 69.9 Å². The first-order valence-corrected chi connectivity index (χ1v) is 7.07. The van der Waals surface area contributed by atoms with Gasteiger partial charge in [0.1, 0.15) is 0 Å². The Morgan fingerprint density at radius 2 is 1.53 bits per heavy atom. The second-order valence-electron chi connectivity index (χ2n) is 4.84. The van der Waals surface area contributed by atoms with Gasteiger partial charge in [-0.15, -0.1) is 11.3 Å². The zero-order chi connectivity index (χ0) is 13.4. The Balaban J connectivity index is 2.25. The molecule has 0 amide bonds. The van der Waals surface area contributed by atoms with Crippen molar-refractivity contribution in [2.45, 2.75) is 13.8 Å². The topological polar surface area (TPSA) is 17.1 Å². The zero-order valence-corrected chi connectivity index (χ0v) is 11.8. The van der Waals surface area contributed by atoms with Crippen LogP contribution in [-0.2, 0) is 0 Å². The SMILES string of the molecule is Cc1ccc(-c2cc(=O)c3ccc(C)cc3s2)cc1. The summed E-state index contributed by atoms with van der Waals surface area (Å²) < 4.78 is 1.06. The summed E-state index contributed by atoms with van der Waals surface area (Å²) in [4.78, 5) is 13.2. The first kappa shape index (κ1) is 12.1. The van der Waals surface area contributed by atoms with Gasteiger partial charge in [0.25, 0.3) is 0 Å². The average molecular weight is 266 g/mol. The lowest BCUT2D eigenvalue weighted by molar-refractivity contribution is 1.47. The summed E-state index contributed by atoms with van der Waals surface area (Å²) in [6, 6.07) is 16.0. The van der Waals surface area contributed by atoms with Crippen molar-refractivity contribution >= 4 is 21.4 Å². The van der Waals surface area contributed by atoms with Crippen molar-refractivity contribution in [2.75, 3.05) is 0 Å². The minimum Gasteiger partial charge on any atom is -0.289 e. The Morgan fingerprint density at radius 3 is 2.26 bits per heavy atom. The number of hydrogen-bond donors (Lipinski definition) is 0. The van der Waals surface area contributed by atoms with Crippen LogP contribution in [0.5, 0.6) is 0 Å². The minimum atomic E-state index is 0.101. The number of fused-ring (bicyclic) bond motifs is 1.